The van der Waals surface area contributed by atoms with Crippen molar-refractivity contribution in [3.8, 4) is 0 Å². The molecule has 1 atom stereocenters. The van der Waals surface area contributed by atoms with Crippen molar-refractivity contribution in [2.24, 2.45) is 0 Å². The van der Waals surface area contributed by atoms with E-state index in [4.69, 9.17) is 0 Å². The molecule has 3 heteroatoms. The van der Waals surface area contributed by atoms with Crippen LogP contribution in [0.4, 0.5) is 0 Å². The van der Waals surface area contributed by atoms with E-state index in [-0.39, 0.29) is 0 Å². The summed E-state index contributed by atoms with van der Waals surface area (Å²) in [5.74, 6) is -1.31. The van der Waals surface area contributed by atoms with Gasteiger partial charge in [0.2, 0.25) is 0 Å². The highest BCUT2D eigenvalue weighted by atomic mass is 16.4. The maximum atomic E-state index is 11.4. The second kappa shape index (κ2) is 7.60. The molecule has 0 aliphatic rings. The zero-order valence-electron chi connectivity index (χ0n) is 12.3. The van der Waals surface area contributed by atoms with Crippen LogP contribution in [0.1, 0.15) is 29.5 Å². The Kier molecular flexibility index (Phi) is 5.52. The van der Waals surface area contributed by atoms with Crippen LogP contribution in [0.15, 0.2) is 54.6 Å². The summed E-state index contributed by atoms with van der Waals surface area (Å²) in [7, 11) is 0. The van der Waals surface area contributed by atoms with Gasteiger partial charge in [-0.2, -0.15) is 0 Å². The summed E-state index contributed by atoms with van der Waals surface area (Å²) < 4.78 is 0. The van der Waals surface area contributed by atoms with Crippen LogP contribution in [0.25, 0.3) is 0 Å². The molecule has 0 fully saturated rings. The Labute approximate surface area is 125 Å². The molecular weight excluding hydrogens is 262 g/mol. The number of aliphatic carboxylic acids is 1. The molecule has 0 radical (unpaired) electrons. The average Bonchev–Trinajstić information content (AvgIpc) is 2.52. The lowest BCUT2D eigenvalue weighted by molar-refractivity contribution is -0.138. The Morgan fingerprint density at radius 1 is 1.05 bits per heavy atom. The number of aryl methyl sites for hydroxylation is 1. The Balaban J connectivity index is 1.92. The topological polar surface area (TPSA) is 49.3 Å². The molecule has 0 spiro atoms. The van der Waals surface area contributed by atoms with Crippen molar-refractivity contribution in [2.75, 3.05) is 6.54 Å². The molecule has 3 nitrogen and oxygen atoms in total. The van der Waals surface area contributed by atoms with E-state index in [9.17, 15) is 9.90 Å². The van der Waals surface area contributed by atoms with Crippen molar-refractivity contribution in [3.63, 3.8) is 0 Å². The van der Waals surface area contributed by atoms with Gasteiger partial charge >= 0.3 is 5.97 Å². The first-order valence-corrected chi connectivity index (χ1v) is 7.27. The Morgan fingerprint density at radius 2 is 1.67 bits per heavy atom. The van der Waals surface area contributed by atoms with Crippen molar-refractivity contribution >= 4 is 5.97 Å². The summed E-state index contributed by atoms with van der Waals surface area (Å²) in [4.78, 5) is 11.4. The van der Waals surface area contributed by atoms with Crippen LogP contribution in [-0.2, 0) is 17.8 Å². The maximum absolute atomic E-state index is 11.4. The zero-order valence-corrected chi connectivity index (χ0v) is 12.3. The molecule has 2 aromatic rings. The molecule has 0 heterocycles. The van der Waals surface area contributed by atoms with Crippen LogP contribution >= 0.6 is 0 Å². The number of carboxylic acids is 1. The van der Waals surface area contributed by atoms with Crippen LogP contribution in [0.2, 0.25) is 0 Å². The first-order chi connectivity index (χ1) is 10.2. The number of nitrogens with one attached hydrogen (secondary N) is 1. The van der Waals surface area contributed by atoms with E-state index in [1.807, 2.05) is 30.3 Å². The molecular formula is C18H21NO2. The second-order valence-corrected chi connectivity index (χ2v) is 5.10. The lowest BCUT2D eigenvalue weighted by Gasteiger charge is -2.14. The molecule has 110 valence electrons. The average molecular weight is 283 g/mol. The summed E-state index contributed by atoms with van der Waals surface area (Å²) in [6, 6.07) is 17.8. The third kappa shape index (κ3) is 4.43. The summed E-state index contributed by atoms with van der Waals surface area (Å²) >= 11 is 0. The van der Waals surface area contributed by atoms with Gasteiger partial charge in [-0.15, -0.1) is 0 Å². The predicted molar refractivity (Wildman–Crippen MR) is 84.3 cm³/mol. The first-order valence-electron chi connectivity index (χ1n) is 7.27. The molecule has 0 saturated carbocycles. The number of carbonyl (C=O) groups is 1. The molecule has 2 aromatic carbocycles. The van der Waals surface area contributed by atoms with Gasteiger partial charge in [0.05, 0.1) is 5.92 Å². The predicted octanol–water partition coefficient (Wildman–Crippen LogP) is 3.21. The van der Waals surface area contributed by atoms with Gasteiger partial charge in [-0.3, -0.25) is 4.79 Å². The minimum absolute atomic E-state index is 0.425. The molecule has 2 rings (SSSR count). The van der Waals surface area contributed by atoms with Crippen LogP contribution in [0.3, 0.4) is 0 Å². The molecule has 0 aliphatic heterocycles. The molecule has 0 aromatic heterocycles. The lowest BCUT2D eigenvalue weighted by Crippen LogP contribution is -2.26. The maximum Gasteiger partial charge on any atom is 0.312 e. The highest BCUT2D eigenvalue weighted by Crippen LogP contribution is 2.15. The smallest absolute Gasteiger partial charge is 0.312 e. The van der Waals surface area contributed by atoms with Crippen LogP contribution in [0, 0.1) is 0 Å². The van der Waals surface area contributed by atoms with Gasteiger partial charge in [-0.1, -0.05) is 61.5 Å². The van der Waals surface area contributed by atoms with E-state index in [1.54, 1.807) is 0 Å². The lowest BCUT2D eigenvalue weighted by atomic mass is 9.99. The molecule has 0 aliphatic carbocycles. The number of hydrogen-bond donors (Lipinski definition) is 2. The van der Waals surface area contributed by atoms with Crippen molar-refractivity contribution in [2.45, 2.75) is 25.8 Å². The van der Waals surface area contributed by atoms with Crippen molar-refractivity contribution in [3.05, 3.63) is 71.3 Å². The molecule has 21 heavy (non-hydrogen) atoms. The van der Waals surface area contributed by atoms with E-state index in [0.717, 1.165) is 12.0 Å². The standard InChI is InChI=1S/C18H21NO2/c1-2-14-8-10-15(11-9-14)12-19-13-17(18(20)21)16-6-4-3-5-7-16/h3-11,17,19H,2,12-13H2,1H3,(H,20,21). The highest BCUT2D eigenvalue weighted by Gasteiger charge is 2.18. The van der Waals surface area contributed by atoms with E-state index in [0.29, 0.717) is 13.1 Å². The fourth-order valence-corrected chi connectivity index (χ4v) is 2.29. The van der Waals surface area contributed by atoms with E-state index < -0.39 is 11.9 Å². The molecule has 2 N–H and O–H groups in total. The second-order valence-electron chi connectivity index (χ2n) is 5.10. The SMILES string of the molecule is CCc1ccc(CNCC(C(=O)O)c2ccccc2)cc1. The quantitative estimate of drug-likeness (QED) is 0.820. The van der Waals surface area contributed by atoms with Gasteiger partial charge in [0, 0.05) is 13.1 Å². The summed E-state index contributed by atoms with van der Waals surface area (Å²) in [6.07, 6.45) is 1.03. The first kappa shape index (κ1) is 15.3. The Bertz CT molecular complexity index is 564. The van der Waals surface area contributed by atoms with Gasteiger partial charge in [0.15, 0.2) is 0 Å². The fourth-order valence-electron chi connectivity index (χ4n) is 2.29. The number of rotatable bonds is 7. The third-order valence-corrected chi connectivity index (χ3v) is 3.61. The molecule has 0 bridgehead atoms. The molecule has 0 amide bonds. The number of hydrogen-bond acceptors (Lipinski definition) is 2. The number of carboxylic acid groups (broad SMARTS) is 1. The molecule has 0 saturated heterocycles. The van der Waals surface area contributed by atoms with E-state index >= 15 is 0 Å². The van der Waals surface area contributed by atoms with E-state index in [2.05, 4.69) is 36.5 Å². The van der Waals surface area contributed by atoms with Gasteiger partial charge in [-0.05, 0) is 23.1 Å². The fraction of sp³-hybridized carbons (Fsp3) is 0.278. The van der Waals surface area contributed by atoms with Crippen molar-refractivity contribution in [1.82, 2.24) is 5.32 Å². The van der Waals surface area contributed by atoms with Crippen LogP contribution in [-0.4, -0.2) is 17.6 Å². The van der Waals surface area contributed by atoms with Crippen molar-refractivity contribution in [1.29, 1.82) is 0 Å². The zero-order chi connectivity index (χ0) is 15.1. The summed E-state index contributed by atoms with van der Waals surface area (Å²) in [5.41, 5.74) is 3.31. The largest absolute Gasteiger partial charge is 0.481 e. The summed E-state index contributed by atoms with van der Waals surface area (Å²) in [5, 5.41) is 12.6. The van der Waals surface area contributed by atoms with Crippen LogP contribution in [0.5, 0.6) is 0 Å². The minimum atomic E-state index is -0.796. The monoisotopic (exact) mass is 283 g/mol. The third-order valence-electron chi connectivity index (χ3n) is 3.61. The molecule has 1 unspecified atom stereocenters. The summed E-state index contributed by atoms with van der Waals surface area (Å²) in [6.45, 7) is 3.24. The van der Waals surface area contributed by atoms with Crippen LogP contribution < -0.4 is 5.32 Å². The Hall–Kier alpha value is -2.13. The van der Waals surface area contributed by atoms with Gasteiger partial charge in [0.1, 0.15) is 0 Å². The normalized spacial score (nSPS) is 12.0. The van der Waals surface area contributed by atoms with Gasteiger partial charge in [0.25, 0.3) is 0 Å². The van der Waals surface area contributed by atoms with Crippen molar-refractivity contribution < 1.29 is 9.90 Å². The van der Waals surface area contributed by atoms with E-state index in [1.165, 1.54) is 11.1 Å². The Morgan fingerprint density at radius 3 is 2.24 bits per heavy atom. The van der Waals surface area contributed by atoms with Gasteiger partial charge < -0.3 is 10.4 Å². The number of benzene rings is 2. The van der Waals surface area contributed by atoms with Gasteiger partial charge in [-0.25, -0.2) is 0 Å². The highest BCUT2D eigenvalue weighted by molar-refractivity contribution is 5.76. The minimum Gasteiger partial charge on any atom is -0.481 e.